The Labute approximate surface area is 121 Å². The van der Waals surface area contributed by atoms with Gasteiger partial charge in [-0.25, -0.2) is 4.98 Å². The van der Waals surface area contributed by atoms with Crippen LogP contribution in [0.4, 0.5) is 0 Å². The Balaban J connectivity index is 2.01. The van der Waals surface area contributed by atoms with Gasteiger partial charge in [-0.3, -0.25) is 4.98 Å². The molecular weight excluding hydrogens is 282 g/mol. The van der Waals surface area contributed by atoms with Crippen molar-refractivity contribution in [1.82, 2.24) is 9.97 Å². The Morgan fingerprint density at radius 2 is 1.95 bits per heavy atom. The van der Waals surface area contributed by atoms with Gasteiger partial charge >= 0.3 is 0 Å². The second-order valence-electron chi connectivity index (χ2n) is 3.82. The molecule has 0 fully saturated rings. The lowest BCUT2D eigenvalue weighted by molar-refractivity contribution is 0.386. The fourth-order valence-corrected chi connectivity index (χ4v) is 2.53. The SMILES string of the molecule is COc1nccnc1C(N)CSc1ccc(Cl)cc1. The van der Waals surface area contributed by atoms with Crippen LogP contribution in [0.15, 0.2) is 41.6 Å². The van der Waals surface area contributed by atoms with Crippen molar-refractivity contribution < 1.29 is 4.74 Å². The van der Waals surface area contributed by atoms with Crippen LogP contribution in [0.1, 0.15) is 11.7 Å². The number of halogens is 1. The van der Waals surface area contributed by atoms with E-state index in [9.17, 15) is 0 Å². The normalized spacial score (nSPS) is 12.2. The summed E-state index contributed by atoms with van der Waals surface area (Å²) in [4.78, 5) is 9.44. The second-order valence-corrected chi connectivity index (χ2v) is 5.35. The van der Waals surface area contributed by atoms with Crippen molar-refractivity contribution in [2.45, 2.75) is 10.9 Å². The van der Waals surface area contributed by atoms with E-state index in [1.165, 1.54) is 0 Å². The number of thioether (sulfide) groups is 1. The maximum Gasteiger partial charge on any atom is 0.237 e. The molecule has 0 bridgehead atoms. The summed E-state index contributed by atoms with van der Waals surface area (Å²) in [6.07, 6.45) is 3.20. The summed E-state index contributed by atoms with van der Waals surface area (Å²) in [6, 6.07) is 7.42. The van der Waals surface area contributed by atoms with Crippen molar-refractivity contribution in [2.75, 3.05) is 12.9 Å². The smallest absolute Gasteiger partial charge is 0.237 e. The number of methoxy groups -OCH3 is 1. The van der Waals surface area contributed by atoms with Gasteiger partial charge in [0.1, 0.15) is 5.69 Å². The topological polar surface area (TPSA) is 61.0 Å². The number of aromatic nitrogens is 2. The third-order valence-corrected chi connectivity index (χ3v) is 3.86. The molecule has 1 heterocycles. The summed E-state index contributed by atoms with van der Waals surface area (Å²) in [5, 5.41) is 0.726. The average molecular weight is 296 g/mol. The van der Waals surface area contributed by atoms with E-state index in [-0.39, 0.29) is 6.04 Å². The summed E-state index contributed by atoms with van der Waals surface area (Å²) < 4.78 is 5.15. The molecule has 0 saturated heterocycles. The highest BCUT2D eigenvalue weighted by Crippen LogP contribution is 2.26. The number of hydrogen-bond acceptors (Lipinski definition) is 5. The zero-order chi connectivity index (χ0) is 13.7. The largest absolute Gasteiger partial charge is 0.480 e. The number of rotatable bonds is 5. The molecule has 1 aromatic carbocycles. The highest BCUT2D eigenvalue weighted by Gasteiger charge is 2.14. The van der Waals surface area contributed by atoms with Crippen LogP contribution >= 0.6 is 23.4 Å². The Morgan fingerprint density at radius 1 is 1.26 bits per heavy atom. The molecule has 0 amide bonds. The van der Waals surface area contributed by atoms with Crippen LogP contribution in [0, 0.1) is 0 Å². The molecule has 0 aliphatic carbocycles. The molecule has 1 aromatic heterocycles. The Kier molecular flexibility index (Phi) is 5.01. The number of nitrogens with zero attached hydrogens (tertiary/aromatic N) is 2. The summed E-state index contributed by atoms with van der Waals surface area (Å²) in [5.74, 6) is 1.17. The van der Waals surface area contributed by atoms with E-state index in [0.717, 1.165) is 9.92 Å². The maximum absolute atomic E-state index is 6.12. The first-order chi connectivity index (χ1) is 9.20. The third-order valence-electron chi connectivity index (χ3n) is 2.48. The van der Waals surface area contributed by atoms with Crippen LogP contribution in [0.3, 0.4) is 0 Å². The van der Waals surface area contributed by atoms with E-state index in [1.54, 1.807) is 31.3 Å². The quantitative estimate of drug-likeness (QED) is 0.859. The van der Waals surface area contributed by atoms with Gasteiger partial charge in [0.25, 0.3) is 0 Å². The molecule has 19 heavy (non-hydrogen) atoms. The van der Waals surface area contributed by atoms with Gasteiger partial charge in [0.05, 0.1) is 13.2 Å². The monoisotopic (exact) mass is 295 g/mol. The van der Waals surface area contributed by atoms with E-state index >= 15 is 0 Å². The van der Waals surface area contributed by atoms with Crippen molar-refractivity contribution in [3.63, 3.8) is 0 Å². The molecule has 0 radical (unpaired) electrons. The highest BCUT2D eigenvalue weighted by molar-refractivity contribution is 7.99. The highest BCUT2D eigenvalue weighted by atomic mass is 35.5. The van der Waals surface area contributed by atoms with Gasteiger partial charge in [0, 0.05) is 28.1 Å². The van der Waals surface area contributed by atoms with Crippen LogP contribution in [0.5, 0.6) is 5.88 Å². The summed E-state index contributed by atoms with van der Waals surface area (Å²) in [7, 11) is 1.56. The number of hydrogen-bond donors (Lipinski definition) is 1. The number of nitrogens with two attached hydrogens (primary N) is 1. The molecule has 2 N–H and O–H groups in total. The van der Waals surface area contributed by atoms with Crippen molar-refractivity contribution in [1.29, 1.82) is 0 Å². The van der Waals surface area contributed by atoms with E-state index in [0.29, 0.717) is 17.3 Å². The van der Waals surface area contributed by atoms with Crippen molar-refractivity contribution in [3.05, 3.63) is 47.4 Å². The second kappa shape index (κ2) is 6.75. The van der Waals surface area contributed by atoms with Crippen LogP contribution < -0.4 is 10.5 Å². The Bertz CT molecular complexity index is 536. The molecule has 1 atom stereocenters. The molecule has 2 aromatic rings. The Morgan fingerprint density at radius 3 is 2.63 bits per heavy atom. The van der Waals surface area contributed by atoms with Gasteiger partial charge < -0.3 is 10.5 Å². The predicted molar refractivity (Wildman–Crippen MR) is 77.7 cm³/mol. The fourth-order valence-electron chi connectivity index (χ4n) is 1.54. The maximum atomic E-state index is 6.12. The summed E-state index contributed by atoms with van der Waals surface area (Å²) in [6.45, 7) is 0. The molecule has 100 valence electrons. The van der Waals surface area contributed by atoms with E-state index in [1.807, 2.05) is 24.3 Å². The van der Waals surface area contributed by atoms with Gasteiger partial charge in [-0.1, -0.05) is 11.6 Å². The molecule has 4 nitrogen and oxygen atoms in total. The minimum absolute atomic E-state index is 0.232. The van der Waals surface area contributed by atoms with Crippen LogP contribution in [-0.4, -0.2) is 22.8 Å². The first-order valence-corrected chi connectivity index (χ1v) is 7.06. The lowest BCUT2D eigenvalue weighted by atomic mass is 10.2. The number of benzene rings is 1. The standard InChI is InChI=1S/C13H14ClN3OS/c1-18-13-12(16-6-7-17-13)11(15)8-19-10-4-2-9(14)3-5-10/h2-7,11H,8,15H2,1H3. The zero-order valence-corrected chi connectivity index (χ0v) is 12.0. The predicted octanol–water partition coefficient (Wildman–Crippen LogP) is 2.93. The fraction of sp³-hybridized carbons (Fsp3) is 0.231. The van der Waals surface area contributed by atoms with Gasteiger partial charge in [0.15, 0.2) is 0 Å². The summed E-state index contributed by atoms with van der Waals surface area (Å²) in [5.41, 5.74) is 6.79. The van der Waals surface area contributed by atoms with Crippen LogP contribution in [0.25, 0.3) is 0 Å². The lowest BCUT2D eigenvalue weighted by Crippen LogP contribution is -2.16. The van der Waals surface area contributed by atoms with Crippen LogP contribution in [0.2, 0.25) is 5.02 Å². The van der Waals surface area contributed by atoms with E-state index in [4.69, 9.17) is 22.1 Å². The van der Waals surface area contributed by atoms with Crippen molar-refractivity contribution >= 4 is 23.4 Å². The molecule has 6 heteroatoms. The van der Waals surface area contributed by atoms with Gasteiger partial charge in [-0.05, 0) is 24.3 Å². The third kappa shape index (κ3) is 3.83. The van der Waals surface area contributed by atoms with Gasteiger partial charge in [0.2, 0.25) is 5.88 Å². The molecule has 2 rings (SSSR count). The first kappa shape index (κ1) is 14.1. The van der Waals surface area contributed by atoms with Gasteiger partial charge in [-0.2, -0.15) is 0 Å². The van der Waals surface area contributed by atoms with Crippen LogP contribution in [-0.2, 0) is 0 Å². The summed E-state index contributed by atoms with van der Waals surface area (Å²) >= 11 is 7.49. The molecule has 0 saturated carbocycles. The molecular formula is C13H14ClN3OS. The van der Waals surface area contributed by atoms with E-state index < -0.39 is 0 Å². The molecule has 0 aliphatic heterocycles. The van der Waals surface area contributed by atoms with Crippen molar-refractivity contribution in [3.8, 4) is 5.88 Å². The minimum atomic E-state index is -0.232. The van der Waals surface area contributed by atoms with Gasteiger partial charge in [-0.15, -0.1) is 11.8 Å². The molecule has 1 unspecified atom stereocenters. The molecule has 0 aliphatic rings. The Hall–Kier alpha value is -1.30. The lowest BCUT2D eigenvalue weighted by Gasteiger charge is -2.13. The first-order valence-electron chi connectivity index (χ1n) is 5.69. The van der Waals surface area contributed by atoms with E-state index in [2.05, 4.69) is 9.97 Å². The zero-order valence-electron chi connectivity index (χ0n) is 10.4. The minimum Gasteiger partial charge on any atom is -0.480 e. The van der Waals surface area contributed by atoms with Crippen molar-refractivity contribution in [2.24, 2.45) is 5.73 Å². The molecule has 0 spiro atoms. The number of ether oxygens (including phenoxy) is 1. The average Bonchev–Trinajstić information content (AvgIpc) is 2.46.